The zero-order valence-corrected chi connectivity index (χ0v) is 13.7. The van der Waals surface area contributed by atoms with Gasteiger partial charge in [-0.15, -0.1) is 0 Å². The van der Waals surface area contributed by atoms with Crippen molar-refractivity contribution in [2.24, 2.45) is 0 Å². The van der Waals surface area contributed by atoms with Gasteiger partial charge in [-0.1, -0.05) is 12.1 Å². The van der Waals surface area contributed by atoms with Crippen molar-refractivity contribution in [3.05, 3.63) is 34.4 Å². The lowest BCUT2D eigenvalue weighted by atomic mass is 10.0. The summed E-state index contributed by atoms with van der Waals surface area (Å²) in [7, 11) is 0. The number of nitrogens with zero attached hydrogens (tertiary/aromatic N) is 2. The van der Waals surface area contributed by atoms with E-state index in [2.05, 4.69) is 5.32 Å². The fourth-order valence-electron chi connectivity index (χ4n) is 2.64. The van der Waals surface area contributed by atoms with Crippen LogP contribution in [0.4, 0.5) is 16.2 Å². The molecule has 0 aliphatic carbocycles. The highest BCUT2D eigenvalue weighted by Gasteiger charge is 2.34. The van der Waals surface area contributed by atoms with Gasteiger partial charge in [0.1, 0.15) is 11.3 Å². The minimum absolute atomic E-state index is 0.0862. The van der Waals surface area contributed by atoms with E-state index < -0.39 is 16.6 Å². The number of benzene rings is 1. The van der Waals surface area contributed by atoms with Gasteiger partial charge in [-0.3, -0.25) is 15.0 Å². The zero-order valence-electron chi connectivity index (χ0n) is 13.7. The lowest BCUT2D eigenvalue weighted by molar-refractivity contribution is -0.384. The van der Waals surface area contributed by atoms with Crippen molar-refractivity contribution in [3.63, 3.8) is 0 Å². The molecule has 1 saturated heterocycles. The van der Waals surface area contributed by atoms with Crippen LogP contribution in [0.5, 0.6) is 0 Å². The SMILES string of the molecule is CC(C)(C)OC(=O)N(c1ccccc1[N+](=O)[O-])C1CCNCC1. The van der Waals surface area contributed by atoms with Crippen LogP contribution in [-0.2, 0) is 4.74 Å². The van der Waals surface area contributed by atoms with Gasteiger partial charge in [0.05, 0.1) is 4.92 Å². The van der Waals surface area contributed by atoms with Gasteiger partial charge in [-0.2, -0.15) is 0 Å². The fourth-order valence-corrected chi connectivity index (χ4v) is 2.64. The minimum Gasteiger partial charge on any atom is -0.443 e. The number of amides is 1. The monoisotopic (exact) mass is 321 g/mol. The first-order chi connectivity index (χ1) is 10.8. The van der Waals surface area contributed by atoms with E-state index in [9.17, 15) is 14.9 Å². The molecule has 0 atom stereocenters. The maximum Gasteiger partial charge on any atom is 0.415 e. The molecule has 1 N–H and O–H groups in total. The molecule has 1 aromatic carbocycles. The highest BCUT2D eigenvalue weighted by Crippen LogP contribution is 2.32. The number of carbonyl (C=O) groups excluding carboxylic acids is 1. The average molecular weight is 321 g/mol. The summed E-state index contributed by atoms with van der Waals surface area (Å²) < 4.78 is 5.49. The van der Waals surface area contributed by atoms with Gasteiger partial charge in [-0.05, 0) is 52.8 Å². The summed E-state index contributed by atoms with van der Waals surface area (Å²) in [5.74, 6) is 0. The van der Waals surface area contributed by atoms with Crippen LogP contribution in [0, 0.1) is 10.1 Å². The largest absolute Gasteiger partial charge is 0.443 e. The third-order valence-corrected chi connectivity index (χ3v) is 3.60. The number of hydrogen-bond acceptors (Lipinski definition) is 5. The van der Waals surface area contributed by atoms with E-state index >= 15 is 0 Å². The number of nitro groups is 1. The number of nitrogens with one attached hydrogen (secondary N) is 1. The second-order valence-electron chi connectivity index (χ2n) is 6.58. The number of nitro benzene ring substituents is 1. The Hall–Kier alpha value is -2.15. The van der Waals surface area contributed by atoms with Crippen LogP contribution >= 0.6 is 0 Å². The van der Waals surface area contributed by atoms with Crippen molar-refractivity contribution in [2.75, 3.05) is 18.0 Å². The zero-order chi connectivity index (χ0) is 17.0. The van der Waals surface area contributed by atoms with Gasteiger partial charge < -0.3 is 10.1 Å². The molecule has 1 aromatic rings. The Morgan fingerprint density at radius 2 is 1.91 bits per heavy atom. The van der Waals surface area contributed by atoms with E-state index in [0.29, 0.717) is 5.69 Å². The normalized spacial score (nSPS) is 16.0. The molecule has 1 amide bonds. The maximum absolute atomic E-state index is 12.7. The van der Waals surface area contributed by atoms with E-state index in [-0.39, 0.29) is 11.7 Å². The van der Waals surface area contributed by atoms with Gasteiger partial charge in [-0.25, -0.2) is 4.79 Å². The Morgan fingerprint density at radius 3 is 2.48 bits per heavy atom. The van der Waals surface area contributed by atoms with Gasteiger partial charge in [0.15, 0.2) is 0 Å². The summed E-state index contributed by atoms with van der Waals surface area (Å²) in [5, 5.41) is 14.6. The summed E-state index contributed by atoms with van der Waals surface area (Å²) in [6.07, 6.45) is 0.912. The van der Waals surface area contributed by atoms with Crippen LogP contribution in [0.2, 0.25) is 0 Å². The minimum atomic E-state index is -0.661. The van der Waals surface area contributed by atoms with Crippen LogP contribution in [0.25, 0.3) is 0 Å². The summed E-state index contributed by atoms with van der Waals surface area (Å²) in [5.41, 5.74) is -0.457. The highest BCUT2D eigenvalue weighted by molar-refractivity contribution is 5.91. The Morgan fingerprint density at radius 1 is 1.30 bits per heavy atom. The molecule has 1 heterocycles. The molecule has 0 saturated carbocycles. The van der Waals surface area contributed by atoms with Gasteiger partial charge in [0.2, 0.25) is 0 Å². The van der Waals surface area contributed by atoms with E-state index in [0.717, 1.165) is 25.9 Å². The van der Waals surface area contributed by atoms with Crippen molar-refractivity contribution in [1.82, 2.24) is 5.32 Å². The number of ether oxygens (including phenoxy) is 1. The predicted octanol–water partition coefficient (Wildman–Crippen LogP) is 3.09. The number of rotatable bonds is 3. The Balaban J connectivity index is 2.41. The van der Waals surface area contributed by atoms with E-state index in [1.165, 1.54) is 11.0 Å². The first kappa shape index (κ1) is 17.2. The number of carbonyl (C=O) groups is 1. The number of anilines is 1. The molecular weight excluding hydrogens is 298 g/mol. The molecule has 1 aliphatic heterocycles. The lowest BCUT2D eigenvalue weighted by Gasteiger charge is -2.35. The van der Waals surface area contributed by atoms with Gasteiger partial charge in [0, 0.05) is 12.1 Å². The van der Waals surface area contributed by atoms with Crippen molar-refractivity contribution >= 4 is 17.5 Å². The van der Waals surface area contributed by atoms with Crippen LogP contribution in [0.1, 0.15) is 33.6 Å². The molecule has 7 nitrogen and oxygen atoms in total. The third kappa shape index (κ3) is 4.41. The standard InChI is InChI=1S/C16H23N3O4/c1-16(2,3)23-15(20)18(12-8-10-17-11-9-12)13-6-4-5-7-14(13)19(21)22/h4-7,12,17H,8-11H2,1-3H3. The first-order valence-electron chi connectivity index (χ1n) is 7.76. The summed E-state index contributed by atoms with van der Waals surface area (Å²) in [4.78, 5) is 25.0. The van der Waals surface area contributed by atoms with Crippen LogP contribution in [0.3, 0.4) is 0 Å². The van der Waals surface area contributed by atoms with E-state index in [1.54, 1.807) is 39.0 Å². The molecule has 23 heavy (non-hydrogen) atoms. The quantitative estimate of drug-likeness (QED) is 0.683. The van der Waals surface area contributed by atoms with Crippen molar-refractivity contribution in [2.45, 2.75) is 45.3 Å². The van der Waals surface area contributed by atoms with Crippen molar-refractivity contribution in [1.29, 1.82) is 0 Å². The average Bonchev–Trinajstić information content (AvgIpc) is 2.47. The smallest absolute Gasteiger partial charge is 0.415 e. The van der Waals surface area contributed by atoms with Crippen LogP contribution < -0.4 is 10.2 Å². The fraction of sp³-hybridized carbons (Fsp3) is 0.562. The Kier molecular flexibility index (Phi) is 5.20. The number of hydrogen-bond donors (Lipinski definition) is 1. The molecule has 1 fully saturated rings. The number of para-hydroxylation sites is 2. The van der Waals surface area contributed by atoms with E-state index in [1.807, 2.05) is 0 Å². The topological polar surface area (TPSA) is 84.7 Å². The second kappa shape index (κ2) is 6.95. The van der Waals surface area contributed by atoms with Gasteiger partial charge in [0.25, 0.3) is 5.69 Å². The summed E-state index contributed by atoms with van der Waals surface area (Å²) in [6, 6.07) is 6.18. The first-order valence-corrected chi connectivity index (χ1v) is 7.76. The molecule has 0 radical (unpaired) electrons. The second-order valence-corrected chi connectivity index (χ2v) is 6.58. The Bertz CT molecular complexity index is 577. The predicted molar refractivity (Wildman–Crippen MR) is 87.7 cm³/mol. The van der Waals surface area contributed by atoms with Crippen molar-refractivity contribution in [3.8, 4) is 0 Å². The highest BCUT2D eigenvalue weighted by atomic mass is 16.6. The maximum atomic E-state index is 12.7. The van der Waals surface area contributed by atoms with E-state index in [4.69, 9.17) is 4.74 Å². The molecule has 7 heteroatoms. The van der Waals surface area contributed by atoms with Gasteiger partial charge >= 0.3 is 6.09 Å². The molecule has 0 spiro atoms. The molecule has 0 unspecified atom stereocenters. The molecular formula is C16H23N3O4. The lowest BCUT2D eigenvalue weighted by Crippen LogP contribution is -2.48. The van der Waals surface area contributed by atoms with Crippen LogP contribution in [0.15, 0.2) is 24.3 Å². The molecule has 126 valence electrons. The number of piperidine rings is 1. The molecule has 2 rings (SSSR count). The Labute approximate surface area is 135 Å². The third-order valence-electron chi connectivity index (χ3n) is 3.60. The summed E-state index contributed by atoms with van der Waals surface area (Å²) in [6.45, 7) is 6.88. The summed E-state index contributed by atoms with van der Waals surface area (Å²) >= 11 is 0. The molecule has 0 aromatic heterocycles. The molecule has 1 aliphatic rings. The molecule has 0 bridgehead atoms. The van der Waals surface area contributed by atoms with Crippen molar-refractivity contribution < 1.29 is 14.5 Å². The van der Waals surface area contributed by atoms with Crippen LogP contribution in [-0.4, -0.2) is 35.7 Å².